The third-order valence-corrected chi connectivity index (χ3v) is 5.52. The van der Waals surface area contributed by atoms with Crippen LogP contribution in [0, 0.1) is 29.1 Å². The normalized spacial score (nSPS) is 41.3. The quantitative estimate of drug-likeness (QED) is 0.778. The molecule has 3 nitrogen and oxygen atoms in total. The molecule has 4 aliphatic rings. The van der Waals surface area contributed by atoms with Gasteiger partial charge in [-0.25, -0.2) is 0 Å². The SMILES string of the molecule is CC(CO)COC(=O)CC12CC3CC(CC(C3)C1)C2. The highest BCUT2D eigenvalue weighted by Gasteiger charge is 2.51. The van der Waals surface area contributed by atoms with Crippen LogP contribution >= 0.6 is 0 Å². The second-order valence-corrected chi connectivity index (χ2v) is 7.57. The van der Waals surface area contributed by atoms with Gasteiger partial charge in [0.1, 0.15) is 0 Å². The molecule has 108 valence electrons. The van der Waals surface area contributed by atoms with Crippen molar-refractivity contribution in [3.05, 3.63) is 0 Å². The van der Waals surface area contributed by atoms with Gasteiger partial charge in [-0.3, -0.25) is 4.79 Å². The van der Waals surface area contributed by atoms with Crippen molar-refractivity contribution in [2.75, 3.05) is 13.2 Å². The number of carbonyl (C=O) groups is 1. The van der Waals surface area contributed by atoms with Gasteiger partial charge in [0.15, 0.2) is 0 Å². The Morgan fingerprint density at radius 2 is 1.74 bits per heavy atom. The smallest absolute Gasteiger partial charge is 0.306 e. The Labute approximate surface area is 115 Å². The van der Waals surface area contributed by atoms with Crippen molar-refractivity contribution < 1.29 is 14.6 Å². The lowest BCUT2D eigenvalue weighted by atomic mass is 9.49. The summed E-state index contributed by atoms with van der Waals surface area (Å²) in [4.78, 5) is 12.0. The lowest BCUT2D eigenvalue weighted by Gasteiger charge is -2.56. The van der Waals surface area contributed by atoms with Crippen molar-refractivity contribution in [1.29, 1.82) is 0 Å². The molecular formula is C16H26O3. The number of aliphatic hydroxyl groups excluding tert-OH is 1. The number of aliphatic hydroxyl groups is 1. The second kappa shape index (κ2) is 5.08. The molecule has 4 bridgehead atoms. The Hall–Kier alpha value is -0.570. The van der Waals surface area contributed by atoms with Crippen LogP contribution in [0.25, 0.3) is 0 Å². The largest absolute Gasteiger partial charge is 0.465 e. The molecule has 1 unspecified atom stereocenters. The van der Waals surface area contributed by atoms with Crippen LogP contribution in [0.2, 0.25) is 0 Å². The van der Waals surface area contributed by atoms with Gasteiger partial charge in [0.05, 0.1) is 13.0 Å². The molecule has 0 aromatic carbocycles. The van der Waals surface area contributed by atoms with Gasteiger partial charge >= 0.3 is 5.97 Å². The molecule has 0 aromatic heterocycles. The summed E-state index contributed by atoms with van der Waals surface area (Å²) in [6, 6.07) is 0. The third kappa shape index (κ3) is 2.81. The van der Waals surface area contributed by atoms with Gasteiger partial charge in [-0.05, 0) is 61.7 Å². The fourth-order valence-electron chi connectivity index (χ4n) is 5.15. The van der Waals surface area contributed by atoms with Crippen molar-refractivity contribution in [2.45, 2.75) is 51.9 Å². The Kier molecular flexibility index (Phi) is 3.59. The Morgan fingerprint density at radius 3 is 2.21 bits per heavy atom. The minimum absolute atomic E-state index is 0.0396. The maximum atomic E-state index is 12.0. The van der Waals surface area contributed by atoms with Gasteiger partial charge in [0.25, 0.3) is 0 Å². The molecule has 1 atom stereocenters. The fourth-order valence-corrected chi connectivity index (χ4v) is 5.15. The van der Waals surface area contributed by atoms with Crippen LogP contribution in [0.3, 0.4) is 0 Å². The van der Waals surface area contributed by atoms with E-state index >= 15 is 0 Å². The van der Waals surface area contributed by atoms with E-state index in [0.717, 1.165) is 17.8 Å². The highest BCUT2D eigenvalue weighted by atomic mass is 16.5. The summed E-state index contributed by atoms with van der Waals surface area (Å²) in [7, 11) is 0. The van der Waals surface area contributed by atoms with E-state index in [1.807, 2.05) is 6.92 Å². The van der Waals surface area contributed by atoms with E-state index in [2.05, 4.69) is 0 Å². The first-order chi connectivity index (χ1) is 9.08. The molecule has 0 amide bonds. The maximum absolute atomic E-state index is 12.0. The van der Waals surface area contributed by atoms with E-state index in [0.29, 0.717) is 13.0 Å². The molecule has 1 N–H and O–H groups in total. The molecule has 0 heterocycles. The molecule has 4 fully saturated rings. The number of carbonyl (C=O) groups excluding carboxylic acids is 1. The van der Waals surface area contributed by atoms with E-state index in [4.69, 9.17) is 9.84 Å². The van der Waals surface area contributed by atoms with Crippen molar-refractivity contribution in [3.63, 3.8) is 0 Å². The van der Waals surface area contributed by atoms with Crippen LogP contribution in [0.4, 0.5) is 0 Å². The van der Waals surface area contributed by atoms with Gasteiger partial charge < -0.3 is 9.84 Å². The van der Waals surface area contributed by atoms with E-state index in [-0.39, 0.29) is 23.9 Å². The van der Waals surface area contributed by atoms with E-state index in [9.17, 15) is 4.79 Å². The zero-order valence-corrected chi connectivity index (χ0v) is 11.9. The topological polar surface area (TPSA) is 46.5 Å². The first kappa shape index (κ1) is 13.4. The van der Waals surface area contributed by atoms with Crippen LogP contribution in [0.15, 0.2) is 0 Å². The van der Waals surface area contributed by atoms with Crippen molar-refractivity contribution in [3.8, 4) is 0 Å². The van der Waals surface area contributed by atoms with Gasteiger partial charge in [-0.15, -0.1) is 0 Å². The summed E-state index contributed by atoms with van der Waals surface area (Å²) in [6.07, 6.45) is 8.62. The van der Waals surface area contributed by atoms with Crippen molar-refractivity contribution >= 4 is 5.97 Å². The average Bonchev–Trinajstić information content (AvgIpc) is 2.33. The first-order valence-electron chi connectivity index (χ1n) is 7.85. The van der Waals surface area contributed by atoms with Crippen LogP contribution in [0.1, 0.15) is 51.9 Å². The van der Waals surface area contributed by atoms with Crippen molar-refractivity contribution in [2.24, 2.45) is 29.1 Å². The molecule has 19 heavy (non-hydrogen) atoms. The summed E-state index contributed by atoms with van der Waals surface area (Å²) < 4.78 is 5.33. The van der Waals surface area contributed by atoms with E-state index in [1.54, 1.807) is 0 Å². The Bertz CT molecular complexity index is 315. The molecule has 0 spiro atoms. The average molecular weight is 266 g/mol. The van der Waals surface area contributed by atoms with Gasteiger partial charge in [-0.1, -0.05) is 6.92 Å². The van der Waals surface area contributed by atoms with Gasteiger partial charge in [0, 0.05) is 12.5 Å². The second-order valence-electron chi connectivity index (χ2n) is 7.57. The molecule has 4 saturated carbocycles. The molecule has 0 radical (unpaired) electrons. The Balaban J connectivity index is 1.56. The zero-order valence-electron chi connectivity index (χ0n) is 11.9. The fraction of sp³-hybridized carbons (Fsp3) is 0.938. The summed E-state index contributed by atoms with van der Waals surface area (Å²) in [5.74, 6) is 2.67. The predicted octanol–water partition coefficient (Wildman–Crippen LogP) is 2.76. The molecule has 0 saturated heterocycles. The maximum Gasteiger partial charge on any atom is 0.306 e. The number of rotatable bonds is 5. The number of esters is 1. The zero-order chi connectivity index (χ0) is 13.5. The monoisotopic (exact) mass is 266 g/mol. The Morgan fingerprint density at radius 1 is 1.21 bits per heavy atom. The van der Waals surface area contributed by atoms with Crippen LogP contribution in [-0.2, 0) is 9.53 Å². The van der Waals surface area contributed by atoms with Gasteiger partial charge in [0.2, 0.25) is 0 Å². The molecule has 0 aliphatic heterocycles. The summed E-state index contributed by atoms with van der Waals surface area (Å²) in [5, 5.41) is 8.96. The standard InChI is InChI=1S/C16H26O3/c1-11(9-17)10-19-15(18)8-16-5-12-2-13(6-16)4-14(3-12)7-16/h11-14,17H,2-10H2,1H3. The molecule has 3 heteroatoms. The van der Waals surface area contributed by atoms with Crippen LogP contribution < -0.4 is 0 Å². The number of hydrogen-bond acceptors (Lipinski definition) is 3. The summed E-state index contributed by atoms with van der Waals surface area (Å²) in [6.45, 7) is 2.35. The highest BCUT2D eigenvalue weighted by Crippen LogP contribution is 2.61. The molecule has 0 aromatic rings. The van der Waals surface area contributed by atoms with Crippen LogP contribution in [0.5, 0.6) is 0 Å². The number of hydrogen-bond donors (Lipinski definition) is 1. The molecule has 4 rings (SSSR count). The number of ether oxygens (including phenoxy) is 1. The lowest BCUT2D eigenvalue weighted by Crippen LogP contribution is -2.47. The third-order valence-electron chi connectivity index (χ3n) is 5.52. The molecular weight excluding hydrogens is 240 g/mol. The summed E-state index contributed by atoms with van der Waals surface area (Å²) in [5.41, 5.74) is 0.272. The van der Waals surface area contributed by atoms with E-state index in [1.165, 1.54) is 38.5 Å². The van der Waals surface area contributed by atoms with Crippen molar-refractivity contribution in [1.82, 2.24) is 0 Å². The predicted molar refractivity (Wildman–Crippen MR) is 72.4 cm³/mol. The molecule has 4 aliphatic carbocycles. The highest BCUT2D eigenvalue weighted by molar-refractivity contribution is 5.70. The van der Waals surface area contributed by atoms with E-state index < -0.39 is 0 Å². The van der Waals surface area contributed by atoms with Crippen LogP contribution in [-0.4, -0.2) is 24.3 Å². The summed E-state index contributed by atoms with van der Waals surface area (Å²) >= 11 is 0. The minimum Gasteiger partial charge on any atom is -0.465 e. The van der Waals surface area contributed by atoms with Gasteiger partial charge in [-0.2, -0.15) is 0 Å². The first-order valence-corrected chi connectivity index (χ1v) is 7.85. The minimum atomic E-state index is -0.0396. The lowest BCUT2D eigenvalue weighted by molar-refractivity contribution is -0.153.